The Morgan fingerprint density at radius 2 is 2.12 bits per heavy atom. The van der Waals surface area contributed by atoms with Crippen LogP contribution in [0.2, 0.25) is 0 Å². The lowest BCUT2D eigenvalue weighted by atomic mass is 10.2. The van der Waals surface area contributed by atoms with Crippen molar-refractivity contribution < 1.29 is 23.0 Å². The number of alkyl halides is 2. The number of aliphatic hydroxyl groups is 1. The number of rotatable bonds is 5. The molecule has 0 heterocycles. The molecule has 0 bridgehead atoms. The number of anilines is 2. The molecule has 0 radical (unpaired) electrons. The highest BCUT2D eigenvalue weighted by molar-refractivity contribution is 5.68. The Bertz CT molecular complexity index is 388. The van der Waals surface area contributed by atoms with E-state index in [1.165, 1.54) is 13.2 Å². The molecule has 0 aliphatic rings. The van der Waals surface area contributed by atoms with E-state index in [9.17, 15) is 13.2 Å². The summed E-state index contributed by atoms with van der Waals surface area (Å²) in [4.78, 5) is 0. The summed E-state index contributed by atoms with van der Waals surface area (Å²) in [5.41, 5.74) is 5.75. The second-order valence-electron chi connectivity index (χ2n) is 3.36. The minimum Gasteiger partial charge on any atom is -0.494 e. The number of benzene rings is 1. The molecule has 1 aromatic carbocycles. The molecular weight excluding hydrogens is 237 g/mol. The van der Waals surface area contributed by atoms with Crippen LogP contribution < -0.4 is 15.8 Å². The van der Waals surface area contributed by atoms with E-state index in [-0.39, 0.29) is 17.1 Å². The number of nitrogens with two attached hydrogens (primary N) is 1. The van der Waals surface area contributed by atoms with Crippen molar-refractivity contribution in [3.63, 3.8) is 0 Å². The van der Waals surface area contributed by atoms with Crippen molar-refractivity contribution in [1.29, 1.82) is 0 Å². The molecule has 1 unspecified atom stereocenters. The first kappa shape index (κ1) is 13.4. The van der Waals surface area contributed by atoms with Crippen LogP contribution in [0.1, 0.15) is 0 Å². The van der Waals surface area contributed by atoms with Crippen LogP contribution in [0.4, 0.5) is 24.5 Å². The van der Waals surface area contributed by atoms with E-state index in [2.05, 4.69) is 5.32 Å². The van der Waals surface area contributed by atoms with Crippen molar-refractivity contribution in [2.24, 2.45) is 0 Å². The van der Waals surface area contributed by atoms with Gasteiger partial charge in [0.15, 0.2) is 11.6 Å². The van der Waals surface area contributed by atoms with E-state index in [0.29, 0.717) is 0 Å². The second-order valence-corrected chi connectivity index (χ2v) is 3.36. The highest BCUT2D eigenvalue weighted by Gasteiger charge is 2.17. The Morgan fingerprint density at radius 3 is 2.65 bits per heavy atom. The summed E-state index contributed by atoms with van der Waals surface area (Å²) < 4.78 is 41.9. The van der Waals surface area contributed by atoms with Crippen LogP contribution in [0, 0.1) is 5.82 Å². The first-order valence-corrected chi connectivity index (χ1v) is 4.78. The van der Waals surface area contributed by atoms with Crippen molar-refractivity contribution in [3.8, 4) is 5.75 Å². The van der Waals surface area contributed by atoms with Gasteiger partial charge in [0, 0.05) is 18.7 Å². The van der Waals surface area contributed by atoms with Crippen LogP contribution in [-0.2, 0) is 0 Å². The molecule has 96 valence electrons. The fourth-order valence-corrected chi connectivity index (χ4v) is 1.18. The van der Waals surface area contributed by atoms with E-state index < -0.39 is 24.9 Å². The Morgan fingerprint density at radius 1 is 1.47 bits per heavy atom. The van der Waals surface area contributed by atoms with E-state index in [1.54, 1.807) is 0 Å². The molecule has 0 aliphatic heterocycles. The number of hydrogen-bond acceptors (Lipinski definition) is 4. The Hall–Kier alpha value is -1.63. The molecule has 0 saturated carbocycles. The Kier molecular flexibility index (Phi) is 4.45. The van der Waals surface area contributed by atoms with Gasteiger partial charge in [0.1, 0.15) is 6.10 Å². The zero-order valence-corrected chi connectivity index (χ0v) is 9.08. The molecule has 17 heavy (non-hydrogen) atoms. The summed E-state index contributed by atoms with van der Waals surface area (Å²) in [5, 5.41) is 11.4. The number of hydrogen-bond donors (Lipinski definition) is 3. The summed E-state index contributed by atoms with van der Waals surface area (Å²) >= 11 is 0. The predicted octanol–water partition coefficient (Wildman–Crippen LogP) is 1.45. The quantitative estimate of drug-likeness (QED) is 0.692. The fourth-order valence-electron chi connectivity index (χ4n) is 1.18. The van der Waals surface area contributed by atoms with E-state index in [0.717, 1.165) is 6.07 Å². The lowest BCUT2D eigenvalue weighted by Crippen LogP contribution is -2.27. The number of ether oxygens (including phenoxy) is 1. The standard InChI is InChI=1S/C10H13F3N2O2/c1-17-9-3-7(6(14)2-5(9)11)15-4-8(16)10(12)13/h2-3,8,10,15-16H,4,14H2,1H3. The monoisotopic (exact) mass is 250 g/mol. The van der Waals surface area contributed by atoms with Gasteiger partial charge in [0.05, 0.1) is 18.5 Å². The molecule has 4 N–H and O–H groups in total. The molecule has 1 rings (SSSR count). The van der Waals surface area contributed by atoms with Gasteiger partial charge in [-0.15, -0.1) is 0 Å². The summed E-state index contributed by atoms with van der Waals surface area (Å²) in [5.74, 6) is -0.710. The van der Waals surface area contributed by atoms with E-state index >= 15 is 0 Å². The number of methoxy groups -OCH3 is 1. The molecule has 4 nitrogen and oxygen atoms in total. The molecule has 0 aromatic heterocycles. The van der Waals surface area contributed by atoms with Gasteiger partial charge in [-0.2, -0.15) is 0 Å². The predicted molar refractivity (Wildman–Crippen MR) is 57.9 cm³/mol. The highest BCUT2D eigenvalue weighted by Crippen LogP contribution is 2.27. The van der Waals surface area contributed by atoms with Gasteiger partial charge in [0.25, 0.3) is 6.43 Å². The average Bonchev–Trinajstić information content (AvgIpc) is 2.27. The summed E-state index contributed by atoms with van der Waals surface area (Å²) in [7, 11) is 1.27. The van der Waals surface area contributed by atoms with Gasteiger partial charge in [-0.1, -0.05) is 0 Å². The number of nitrogens with one attached hydrogen (secondary N) is 1. The number of aliphatic hydroxyl groups excluding tert-OH is 1. The van der Waals surface area contributed by atoms with Gasteiger partial charge in [-0.25, -0.2) is 13.2 Å². The lowest BCUT2D eigenvalue weighted by molar-refractivity contribution is 0.00385. The Labute approximate surface area is 96.2 Å². The SMILES string of the molecule is COc1cc(NCC(O)C(F)F)c(N)cc1F. The third-order valence-corrected chi connectivity index (χ3v) is 2.12. The first-order chi connectivity index (χ1) is 7.95. The zero-order valence-electron chi connectivity index (χ0n) is 9.08. The smallest absolute Gasteiger partial charge is 0.265 e. The fraction of sp³-hybridized carbons (Fsp3) is 0.400. The zero-order chi connectivity index (χ0) is 13.0. The second kappa shape index (κ2) is 5.62. The van der Waals surface area contributed by atoms with E-state index in [1.807, 2.05) is 0 Å². The summed E-state index contributed by atoms with van der Waals surface area (Å²) in [6.07, 6.45) is -4.67. The molecular formula is C10H13F3N2O2. The van der Waals surface area contributed by atoms with Gasteiger partial charge in [0.2, 0.25) is 0 Å². The molecule has 0 fully saturated rings. The molecule has 7 heteroatoms. The minimum absolute atomic E-state index is 0.0461. The van der Waals surface area contributed by atoms with Crippen LogP contribution in [-0.4, -0.2) is 31.3 Å². The Balaban J connectivity index is 2.77. The highest BCUT2D eigenvalue weighted by atomic mass is 19.3. The molecule has 0 aliphatic carbocycles. The number of halogens is 3. The minimum atomic E-state index is -2.86. The molecule has 1 aromatic rings. The van der Waals surface area contributed by atoms with Gasteiger partial charge >= 0.3 is 0 Å². The summed E-state index contributed by atoms with van der Waals surface area (Å²) in [6.45, 7) is -0.392. The van der Waals surface area contributed by atoms with Crippen molar-refractivity contribution in [3.05, 3.63) is 17.9 Å². The average molecular weight is 250 g/mol. The van der Waals surface area contributed by atoms with Crippen LogP contribution in [0.3, 0.4) is 0 Å². The van der Waals surface area contributed by atoms with Crippen LogP contribution in [0.5, 0.6) is 5.75 Å². The third-order valence-electron chi connectivity index (χ3n) is 2.12. The number of nitrogen functional groups attached to an aromatic ring is 1. The van der Waals surface area contributed by atoms with Crippen molar-refractivity contribution >= 4 is 11.4 Å². The lowest BCUT2D eigenvalue weighted by Gasteiger charge is -2.14. The van der Waals surface area contributed by atoms with Crippen LogP contribution in [0.15, 0.2) is 12.1 Å². The normalized spacial score (nSPS) is 12.6. The third kappa shape index (κ3) is 3.42. The van der Waals surface area contributed by atoms with Crippen molar-refractivity contribution in [2.45, 2.75) is 12.5 Å². The van der Waals surface area contributed by atoms with Crippen molar-refractivity contribution in [2.75, 3.05) is 24.7 Å². The molecule has 0 spiro atoms. The summed E-state index contributed by atoms with van der Waals surface area (Å²) in [6, 6.07) is 2.25. The maximum Gasteiger partial charge on any atom is 0.265 e. The van der Waals surface area contributed by atoms with E-state index in [4.69, 9.17) is 15.6 Å². The largest absolute Gasteiger partial charge is 0.494 e. The molecule has 0 amide bonds. The van der Waals surface area contributed by atoms with Gasteiger partial charge in [-0.3, -0.25) is 0 Å². The topological polar surface area (TPSA) is 67.5 Å². The molecule has 0 saturated heterocycles. The van der Waals surface area contributed by atoms with Crippen LogP contribution >= 0.6 is 0 Å². The molecule has 1 atom stereocenters. The van der Waals surface area contributed by atoms with Gasteiger partial charge < -0.3 is 20.9 Å². The maximum atomic E-state index is 13.2. The first-order valence-electron chi connectivity index (χ1n) is 4.78. The maximum absolute atomic E-state index is 13.2. The van der Waals surface area contributed by atoms with Gasteiger partial charge in [-0.05, 0) is 0 Å². The van der Waals surface area contributed by atoms with Crippen molar-refractivity contribution in [1.82, 2.24) is 0 Å². The van der Waals surface area contributed by atoms with Crippen LogP contribution in [0.25, 0.3) is 0 Å².